The number of aromatic nitrogens is 3. The lowest BCUT2D eigenvalue weighted by molar-refractivity contribution is -0.117. The number of imidazole rings is 1. The van der Waals surface area contributed by atoms with Gasteiger partial charge in [0.25, 0.3) is 0 Å². The molecular formula is C20H23N5OS. The molecule has 1 aliphatic heterocycles. The molecule has 3 aromatic rings. The van der Waals surface area contributed by atoms with Gasteiger partial charge in [0.2, 0.25) is 16.0 Å². The molecule has 7 heteroatoms. The number of amides is 1. The highest BCUT2D eigenvalue weighted by Crippen LogP contribution is 2.36. The monoisotopic (exact) mass is 381 g/mol. The van der Waals surface area contributed by atoms with E-state index in [-0.39, 0.29) is 11.8 Å². The van der Waals surface area contributed by atoms with Crippen LogP contribution in [-0.2, 0) is 4.79 Å². The van der Waals surface area contributed by atoms with Crippen molar-refractivity contribution in [3.8, 4) is 11.3 Å². The van der Waals surface area contributed by atoms with Crippen LogP contribution in [0.5, 0.6) is 0 Å². The van der Waals surface area contributed by atoms with Crippen LogP contribution in [0.2, 0.25) is 0 Å². The Labute approximate surface area is 162 Å². The predicted octanol–water partition coefficient (Wildman–Crippen LogP) is 4.11. The molecular weight excluding hydrogens is 358 g/mol. The van der Waals surface area contributed by atoms with Gasteiger partial charge in [-0.1, -0.05) is 35.1 Å². The first-order chi connectivity index (χ1) is 13.2. The molecule has 0 atom stereocenters. The van der Waals surface area contributed by atoms with Crippen LogP contribution in [0.4, 0.5) is 10.9 Å². The van der Waals surface area contributed by atoms with E-state index in [0.717, 1.165) is 47.3 Å². The zero-order valence-electron chi connectivity index (χ0n) is 15.4. The van der Waals surface area contributed by atoms with E-state index in [1.807, 2.05) is 16.6 Å². The summed E-state index contributed by atoms with van der Waals surface area (Å²) in [4.78, 5) is 20.5. The van der Waals surface area contributed by atoms with Crippen LogP contribution >= 0.6 is 11.3 Å². The largest absolute Gasteiger partial charge is 0.347 e. The van der Waals surface area contributed by atoms with Crippen LogP contribution in [-0.4, -0.2) is 33.6 Å². The number of hydrogen-bond acceptors (Lipinski definition) is 5. The number of aryl methyl sites for hydroxylation is 1. The number of nitrogens with zero attached hydrogens (tertiary/aromatic N) is 4. The van der Waals surface area contributed by atoms with Gasteiger partial charge in [-0.2, -0.15) is 4.52 Å². The lowest BCUT2D eigenvalue weighted by Gasteiger charge is -2.25. The highest BCUT2D eigenvalue weighted by molar-refractivity contribution is 7.20. The number of piperidine rings is 1. The Kier molecular flexibility index (Phi) is 4.11. The van der Waals surface area contributed by atoms with Gasteiger partial charge in [-0.3, -0.25) is 4.79 Å². The van der Waals surface area contributed by atoms with Gasteiger partial charge in [-0.15, -0.1) is 5.10 Å². The molecule has 1 saturated carbocycles. The third-order valence-corrected chi connectivity index (χ3v) is 6.27. The molecule has 1 aliphatic carbocycles. The molecule has 0 bridgehead atoms. The number of carbonyl (C=O) groups excluding carboxylic acids is 1. The standard InChI is InChI=1S/C20H23N5OS/c1-13-6-5-7-15(12-13)16-17(22-18(26)14-8-9-14)25-19(21-16)27-20(23-25)24-10-3-2-4-11-24/h5-7,12,14H,2-4,8-11H2,1H3,(H,22,26). The van der Waals surface area contributed by atoms with Gasteiger partial charge in [0, 0.05) is 24.6 Å². The Hall–Kier alpha value is -2.41. The molecule has 27 heavy (non-hydrogen) atoms. The van der Waals surface area contributed by atoms with Crippen molar-refractivity contribution < 1.29 is 4.79 Å². The first kappa shape index (κ1) is 16.7. The number of hydrogen-bond donors (Lipinski definition) is 1. The van der Waals surface area contributed by atoms with Crippen LogP contribution in [0.15, 0.2) is 24.3 Å². The van der Waals surface area contributed by atoms with Crippen LogP contribution in [0, 0.1) is 12.8 Å². The number of carbonyl (C=O) groups is 1. The molecule has 1 N–H and O–H groups in total. The molecule has 3 heterocycles. The summed E-state index contributed by atoms with van der Waals surface area (Å²) in [7, 11) is 0. The van der Waals surface area contributed by atoms with Crippen molar-refractivity contribution in [2.45, 2.75) is 39.0 Å². The van der Waals surface area contributed by atoms with E-state index in [9.17, 15) is 4.79 Å². The molecule has 0 radical (unpaired) electrons. The fourth-order valence-electron chi connectivity index (χ4n) is 3.62. The van der Waals surface area contributed by atoms with Crippen molar-refractivity contribution >= 4 is 33.2 Å². The van der Waals surface area contributed by atoms with Crippen LogP contribution in [0.1, 0.15) is 37.7 Å². The molecule has 2 aliphatic rings. The Morgan fingerprint density at radius 3 is 2.78 bits per heavy atom. The highest BCUT2D eigenvalue weighted by Gasteiger charge is 2.32. The normalized spacial score (nSPS) is 17.4. The smallest absolute Gasteiger partial charge is 0.228 e. The fourth-order valence-corrected chi connectivity index (χ4v) is 4.57. The first-order valence-electron chi connectivity index (χ1n) is 9.71. The second kappa shape index (κ2) is 6.64. The zero-order chi connectivity index (χ0) is 18.4. The summed E-state index contributed by atoms with van der Waals surface area (Å²) >= 11 is 1.60. The first-order valence-corrected chi connectivity index (χ1v) is 10.5. The molecule has 0 unspecified atom stereocenters. The fraction of sp³-hybridized carbons (Fsp3) is 0.450. The van der Waals surface area contributed by atoms with Crippen molar-refractivity contribution in [2.75, 3.05) is 23.3 Å². The van der Waals surface area contributed by atoms with E-state index in [1.165, 1.54) is 24.8 Å². The van der Waals surface area contributed by atoms with E-state index in [1.54, 1.807) is 11.3 Å². The second-order valence-electron chi connectivity index (χ2n) is 7.57. The minimum absolute atomic E-state index is 0.0817. The molecule has 1 amide bonds. The molecule has 0 spiro atoms. The van der Waals surface area contributed by atoms with Gasteiger partial charge < -0.3 is 10.2 Å². The van der Waals surface area contributed by atoms with Crippen LogP contribution < -0.4 is 10.2 Å². The van der Waals surface area contributed by atoms with Crippen molar-refractivity contribution in [3.63, 3.8) is 0 Å². The van der Waals surface area contributed by atoms with Crippen molar-refractivity contribution in [3.05, 3.63) is 29.8 Å². The van der Waals surface area contributed by atoms with Gasteiger partial charge >= 0.3 is 0 Å². The SMILES string of the molecule is Cc1cccc(-c2nc3sc(N4CCCCC4)nn3c2NC(=O)C2CC2)c1. The maximum absolute atomic E-state index is 12.5. The summed E-state index contributed by atoms with van der Waals surface area (Å²) in [5, 5.41) is 8.93. The topological polar surface area (TPSA) is 62.5 Å². The van der Waals surface area contributed by atoms with Gasteiger partial charge in [-0.05, 0) is 45.1 Å². The molecule has 1 aromatic carbocycles. The third-order valence-electron chi connectivity index (χ3n) is 5.30. The summed E-state index contributed by atoms with van der Waals surface area (Å²) in [5.74, 6) is 0.923. The van der Waals surface area contributed by atoms with Gasteiger partial charge in [-0.25, -0.2) is 4.98 Å². The van der Waals surface area contributed by atoms with E-state index in [4.69, 9.17) is 10.1 Å². The average Bonchev–Trinajstić information content (AvgIpc) is 3.37. The third kappa shape index (κ3) is 3.20. The number of fused-ring (bicyclic) bond motifs is 1. The Balaban J connectivity index is 1.58. The second-order valence-corrected chi connectivity index (χ2v) is 8.50. The molecule has 1 saturated heterocycles. The summed E-state index contributed by atoms with van der Waals surface area (Å²) < 4.78 is 1.83. The Morgan fingerprint density at radius 2 is 2.04 bits per heavy atom. The predicted molar refractivity (Wildman–Crippen MR) is 108 cm³/mol. The van der Waals surface area contributed by atoms with Crippen molar-refractivity contribution in [1.82, 2.24) is 14.6 Å². The zero-order valence-corrected chi connectivity index (χ0v) is 16.3. The number of rotatable bonds is 4. The van der Waals surface area contributed by atoms with Gasteiger partial charge in [0.05, 0.1) is 0 Å². The maximum Gasteiger partial charge on any atom is 0.228 e. The van der Waals surface area contributed by atoms with Crippen molar-refractivity contribution in [1.29, 1.82) is 0 Å². The van der Waals surface area contributed by atoms with Gasteiger partial charge in [0.15, 0.2) is 5.82 Å². The Bertz CT molecular complexity index is 997. The van der Waals surface area contributed by atoms with Crippen molar-refractivity contribution in [2.24, 2.45) is 5.92 Å². The molecule has 5 rings (SSSR count). The Morgan fingerprint density at radius 1 is 1.22 bits per heavy atom. The molecule has 2 aromatic heterocycles. The summed E-state index contributed by atoms with van der Waals surface area (Å²) in [5.41, 5.74) is 2.99. The number of benzene rings is 1. The van der Waals surface area contributed by atoms with Crippen LogP contribution in [0.25, 0.3) is 16.2 Å². The number of anilines is 2. The quantitative estimate of drug-likeness (QED) is 0.739. The lowest BCUT2D eigenvalue weighted by atomic mass is 10.1. The summed E-state index contributed by atoms with van der Waals surface area (Å²) in [6.45, 7) is 4.16. The minimum atomic E-state index is 0.0817. The van der Waals surface area contributed by atoms with Gasteiger partial charge in [0.1, 0.15) is 5.69 Å². The molecule has 2 fully saturated rings. The average molecular weight is 382 g/mol. The lowest BCUT2D eigenvalue weighted by Crippen LogP contribution is -2.29. The van der Waals surface area contributed by atoms with E-state index in [0.29, 0.717) is 5.82 Å². The summed E-state index contributed by atoms with van der Waals surface area (Å²) in [6.07, 6.45) is 5.66. The maximum atomic E-state index is 12.5. The number of nitrogens with one attached hydrogen (secondary N) is 1. The van der Waals surface area contributed by atoms with E-state index in [2.05, 4.69) is 29.3 Å². The van der Waals surface area contributed by atoms with E-state index < -0.39 is 0 Å². The minimum Gasteiger partial charge on any atom is -0.347 e. The van der Waals surface area contributed by atoms with E-state index >= 15 is 0 Å². The molecule has 6 nitrogen and oxygen atoms in total. The highest BCUT2D eigenvalue weighted by atomic mass is 32.1. The molecule has 140 valence electrons. The van der Waals surface area contributed by atoms with Crippen LogP contribution in [0.3, 0.4) is 0 Å². The summed E-state index contributed by atoms with van der Waals surface area (Å²) in [6, 6.07) is 8.23.